The van der Waals surface area contributed by atoms with Crippen LogP contribution in [0.4, 0.5) is 5.13 Å². The highest BCUT2D eigenvalue weighted by Gasteiger charge is 2.20. The van der Waals surface area contributed by atoms with Gasteiger partial charge in [-0.3, -0.25) is 0 Å². The summed E-state index contributed by atoms with van der Waals surface area (Å²) in [4.78, 5) is 4.86. The minimum Gasteiger partial charge on any atom is -0.360 e. The Morgan fingerprint density at radius 1 is 0.960 bits per heavy atom. The van der Waals surface area contributed by atoms with Crippen molar-refractivity contribution in [3.63, 3.8) is 0 Å². The van der Waals surface area contributed by atoms with Crippen LogP contribution in [0.5, 0.6) is 0 Å². The number of hydrogen-bond donors (Lipinski definition) is 2. The lowest BCUT2D eigenvalue weighted by Gasteiger charge is -2.22. The van der Waals surface area contributed by atoms with E-state index in [9.17, 15) is 0 Å². The highest BCUT2D eigenvalue weighted by atomic mass is 32.1. The summed E-state index contributed by atoms with van der Waals surface area (Å²) in [6.45, 7) is 16.4. The Balaban J connectivity index is 2.55. The van der Waals surface area contributed by atoms with Crippen molar-refractivity contribution in [2.24, 2.45) is 5.73 Å². The third-order valence-electron chi connectivity index (χ3n) is 4.47. The zero-order valence-corrected chi connectivity index (χ0v) is 17.5. The second-order valence-corrected chi connectivity index (χ2v) is 8.79. The highest BCUT2D eigenvalue weighted by molar-refractivity contribution is 7.14. The van der Waals surface area contributed by atoms with Gasteiger partial charge in [0.15, 0.2) is 5.13 Å². The van der Waals surface area contributed by atoms with E-state index in [2.05, 4.69) is 64.4 Å². The Morgan fingerprint density at radius 3 is 1.96 bits per heavy atom. The molecule has 0 spiro atoms. The summed E-state index contributed by atoms with van der Waals surface area (Å²) in [5.74, 6) is 1.46. The number of aromatic nitrogens is 1. The molecule has 0 radical (unpaired) electrons. The monoisotopic (exact) mass is 359 g/mol. The molecule has 0 saturated carbocycles. The van der Waals surface area contributed by atoms with Gasteiger partial charge in [-0.25, -0.2) is 4.98 Å². The molecule has 3 nitrogen and oxygen atoms in total. The Kier molecular flexibility index (Phi) is 6.64. The van der Waals surface area contributed by atoms with E-state index >= 15 is 0 Å². The second kappa shape index (κ2) is 8.33. The van der Waals surface area contributed by atoms with Crippen molar-refractivity contribution >= 4 is 16.5 Å². The molecular weight excluding hydrogens is 326 g/mol. The maximum atomic E-state index is 5.85. The van der Waals surface area contributed by atoms with Crippen molar-refractivity contribution in [2.75, 3.05) is 11.9 Å². The van der Waals surface area contributed by atoms with Crippen molar-refractivity contribution in [3.05, 3.63) is 34.2 Å². The third kappa shape index (κ3) is 4.83. The van der Waals surface area contributed by atoms with Crippen LogP contribution in [-0.4, -0.2) is 17.6 Å². The molecule has 25 heavy (non-hydrogen) atoms. The first kappa shape index (κ1) is 19.9. The first-order chi connectivity index (χ1) is 11.7. The largest absolute Gasteiger partial charge is 0.360 e. The van der Waals surface area contributed by atoms with E-state index in [-0.39, 0.29) is 6.04 Å². The fourth-order valence-electron chi connectivity index (χ4n) is 2.97. The molecule has 2 aromatic rings. The summed E-state index contributed by atoms with van der Waals surface area (Å²) in [5, 5.41) is 6.46. The van der Waals surface area contributed by atoms with Crippen molar-refractivity contribution in [1.29, 1.82) is 0 Å². The lowest BCUT2D eigenvalue weighted by Crippen LogP contribution is -2.25. The van der Waals surface area contributed by atoms with Crippen molar-refractivity contribution in [1.82, 2.24) is 4.98 Å². The second-order valence-electron chi connectivity index (χ2n) is 7.93. The van der Waals surface area contributed by atoms with Gasteiger partial charge >= 0.3 is 0 Å². The van der Waals surface area contributed by atoms with Crippen LogP contribution < -0.4 is 11.1 Å². The molecular formula is C21H33N3S. The van der Waals surface area contributed by atoms with E-state index in [0.717, 1.165) is 17.4 Å². The molecule has 0 fully saturated rings. The third-order valence-corrected chi connectivity index (χ3v) is 5.27. The fraction of sp³-hybridized carbons (Fsp3) is 0.571. The van der Waals surface area contributed by atoms with Gasteiger partial charge in [0, 0.05) is 23.5 Å². The minimum absolute atomic E-state index is 0.120. The summed E-state index contributed by atoms with van der Waals surface area (Å²) < 4.78 is 0. The van der Waals surface area contributed by atoms with E-state index in [1.165, 1.54) is 22.3 Å². The number of hydrogen-bond acceptors (Lipinski definition) is 4. The van der Waals surface area contributed by atoms with Gasteiger partial charge in [0.2, 0.25) is 0 Å². The zero-order valence-electron chi connectivity index (χ0n) is 16.7. The number of nitrogens with one attached hydrogen (secondary N) is 1. The minimum atomic E-state index is 0.120. The van der Waals surface area contributed by atoms with Crippen molar-refractivity contribution in [3.8, 4) is 11.3 Å². The number of thiazole rings is 1. The van der Waals surface area contributed by atoms with Crippen LogP contribution in [0, 0.1) is 0 Å². The van der Waals surface area contributed by atoms with Crippen LogP contribution >= 0.6 is 11.3 Å². The zero-order chi connectivity index (χ0) is 18.7. The number of anilines is 1. The van der Waals surface area contributed by atoms with Crippen molar-refractivity contribution in [2.45, 2.75) is 72.3 Å². The van der Waals surface area contributed by atoms with E-state index < -0.39 is 0 Å². The molecule has 0 saturated heterocycles. The molecule has 3 N–H and O–H groups in total. The van der Waals surface area contributed by atoms with Gasteiger partial charge in [-0.05, 0) is 41.4 Å². The molecule has 4 heteroatoms. The van der Waals surface area contributed by atoms with Crippen LogP contribution in [0.2, 0.25) is 0 Å². The molecule has 0 aliphatic heterocycles. The molecule has 1 aromatic carbocycles. The van der Waals surface area contributed by atoms with E-state index in [4.69, 9.17) is 10.7 Å². The molecule has 0 aliphatic carbocycles. The molecule has 138 valence electrons. The molecule has 1 unspecified atom stereocenters. The molecule has 0 bridgehead atoms. The van der Waals surface area contributed by atoms with Gasteiger partial charge in [0.1, 0.15) is 0 Å². The molecule has 0 aliphatic rings. The van der Waals surface area contributed by atoms with Crippen LogP contribution in [0.1, 0.15) is 82.9 Å². The van der Waals surface area contributed by atoms with Crippen LogP contribution in [0.25, 0.3) is 11.3 Å². The topological polar surface area (TPSA) is 50.9 Å². The Morgan fingerprint density at radius 2 is 1.52 bits per heavy atom. The van der Waals surface area contributed by atoms with Gasteiger partial charge in [-0.2, -0.15) is 0 Å². The molecule has 0 amide bonds. The smallest absolute Gasteiger partial charge is 0.183 e. The van der Waals surface area contributed by atoms with Gasteiger partial charge in [-0.1, -0.05) is 53.7 Å². The maximum Gasteiger partial charge on any atom is 0.183 e. The molecule has 1 aromatic heterocycles. The van der Waals surface area contributed by atoms with Gasteiger partial charge in [-0.15, -0.1) is 11.3 Å². The highest BCUT2D eigenvalue weighted by Crippen LogP contribution is 2.39. The predicted octanol–water partition coefficient (Wildman–Crippen LogP) is 5.94. The average Bonchev–Trinajstić information content (AvgIpc) is 2.99. The number of benzene rings is 1. The quantitative estimate of drug-likeness (QED) is 0.643. The molecule has 1 atom stereocenters. The van der Waals surface area contributed by atoms with E-state index in [1.54, 1.807) is 11.3 Å². The first-order valence-electron chi connectivity index (χ1n) is 9.33. The van der Waals surface area contributed by atoms with Gasteiger partial charge in [0.05, 0.1) is 5.69 Å². The molecule has 2 rings (SSSR count). The number of nitrogens with zero attached hydrogens (tertiary/aromatic N) is 1. The Hall–Kier alpha value is -1.39. The lowest BCUT2D eigenvalue weighted by molar-refractivity contribution is 0.779. The van der Waals surface area contributed by atoms with Gasteiger partial charge in [0.25, 0.3) is 0 Å². The van der Waals surface area contributed by atoms with Gasteiger partial charge < -0.3 is 11.1 Å². The van der Waals surface area contributed by atoms with E-state index in [1.807, 2.05) is 6.92 Å². The van der Waals surface area contributed by atoms with Crippen molar-refractivity contribution < 1.29 is 0 Å². The summed E-state index contributed by atoms with van der Waals surface area (Å²) in [5.41, 5.74) is 12.5. The summed E-state index contributed by atoms with van der Waals surface area (Å²) >= 11 is 1.66. The molecule has 1 heterocycles. The standard InChI is InChI=1S/C21H33N3S/c1-12(2)16-8-17(13(3)4)20(18(9-16)14(5)6)19-11-25-21(24-19)23-10-15(7)22/h8-9,11-15H,10,22H2,1-7H3,(H,23,24). The summed E-state index contributed by atoms with van der Waals surface area (Å²) in [6.07, 6.45) is 0. The summed E-state index contributed by atoms with van der Waals surface area (Å²) in [6, 6.07) is 4.88. The fourth-order valence-corrected chi connectivity index (χ4v) is 3.68. The lowest BCUT2D eigenvalue weighted by atomic mass is 9.83. The SMILES string of the molecule is CC(N)CNc1nc(-c2c(C(C)C)cc(C(C)C)cc2C(C)C)cs1. The predicted molar refractivity (Wildman–Crippen MR) is 112 cm³/mol. The normalized spacial score (nSPS) is 13.1. The van der Waals surface area contributed by atoms with E-state index in [0.29, 0.717) is 17.8 Å². The van der Waals surface area contributed by atoms with Crippen LogP contribution in [0.3, 0.4) is 0 Å². The average molecular weight is 360 g/mol. The Bertz CT molecular complexity index is 670. The van der Waals surface area contributed by atoms with Crippen LogP contribution in [0.15, 0.2) is 17.5 Å². The number of rotatable bonds is 7. The Labute approximate surface area is 157 Å². The number of nitrogens with two attached hydrogens (primary N) is 1. The maximum absolute atomic E-state index is 5.85. The van der Waals surface area contributed by atoms with Crippen LogP contribution in [-0.2, 0) is 0 Å². The summed E-state index contributed by atoms with van der Waals surface area (Å²) in [7, 11) is 0. The first-order valence-corrected chi connectivity index (χ1v) is 10.2.